The summed E-state index contributed by atoms with van der Waals surface area (Å²) in [6.45, 7) is 3.59. The Kier molecular flexibility index (Phi) is 3.43. The lowest BCUT2D eigenvalue weighted by Gasteiger charge is -2.11. The summed E-state index contributed by atoms with van der Waals surface area (Å²) in [7, 11) is 0. The Bertz CT molecular complexity index is 599. The lowest BCUT2D eigenvalue weighted by atomic mass is 10.2. The van der Waals surface area contributed by atoms with Gasteiger partial charge in [0, 0.05) is 6.07 Å². The first kappa shape index (κ1) is 12.7. The third kappa shape index (κ3) is 2.57. The quantitative estimate of drug-likeness (QED) is 0.813. The molecule has 18 heavy (non-hydrogen) atoms. The third-order valence-electron chi connectivity index (χ3n) is 2.60. The molecule has 0 spiro atoms. The Morgan fingerprint density at radius 1 is 1.11 bits per heavy atom. The average Bonchev–Trinajstić information content (AvgIpc) is 2.30. The maximum atomic E-state index is 13.3. The van der Waals surface area contributed by atoms with Gasteiger partial charge in [-0.1, -0.05) is 17.7 Å². The molecule has 0 heterocycles. The van der Waals surface area contributed by atoms with Gasteiger partial charge in [-0.05, 0) is 43.2 Å². The van der Waals surface area contributed by atoms with E-state index in [1.165, 1.54) is 6.07 Å². The molecule has 4 heteroatoms. The Labute approximate surface area is 110 Å². The van der Waals surface area contributed by atoms with E-state index in [2.05, 4.69) is 0 Å². The zero-order valence-corrected chi connectivity index (χ0v) is 10.9. The number of nitrogen functional groups attached to an aromatic ring is 1. The fourth-order valence-electron chi connectivity index (χ4n) is 1.57. The Morgan fingerprint density at radius 2 is 1.83 bits per heavy atom. The van der Waals surface area contributed by atoms with E-state index in [4.69, 9.17) is 22.1 Å². The number of aryl methyl sites for hydroxylation is 2. The minimum atomic E-state index is -0.352. The Balaban J connectivity index is 2.40. The summed E-state index contributed by atoms with van der Waals surface area (Å²) in [6, 6.07) is 8.24. The molecule has 0 aromatic heterocycles. The molecule has 0 amide bonds. The van der Waals surface area contributed by atoms with Crippen LogP contribution in [0.3, 0.4) is 0 Å². The van der Waals surface area contributed by atoms with Gasteiger partial charge in [-0.2, -0.15) is 0 Å². The molecule has 2 aromatic rings. The highest BCUT2D eigenvalue weighted by molar-refractivity contribution is 6.32. The van der Waals surface area contributed by atoms with Crippen LogP contribution in [0.2, 0.25) is 5.02 Å². The molecule has 0 aliphatic rings. The summed E-state index contributed by atoms with van der Waals surface area (Å²) in [6.07, 6.45) is 0. The van der Waals surface area contributed by atoms with Crippen LogP contribution in [0.1, 0.15) is 11.1 Å². The fourth-order valence-corrected chi connectivity index (χ4v) is 1.72. The van der Waals surface area contributed by atoms with Crippen LogP contribution in [-0.4, -0.2) is 0 Å². The highest BCUT2D eigenvalue weighted by Crippen LogP contribution is 2.34. The smallest absolute Gasteiger partial charge is 0.150 e. The molecular weight excluding hydrogens is 253 g/mol. The first-order valence-corrected chi connectivity index (χ1v) is 5.85. The van der Waals surface area contributed by atoms with E-state index in [1.54, 1.807) is 25.1 Å². The van der Waals surface area contributed by atoms with Crippen molar-refractivity contribution in [1.82, 2.24) is 0 Å². The summed E-state index contributed by atoms with van der Waals surface area (Å²) in [4.78, 5) is 0. The minimum absolute atomic E-state index is 0.246. The van der Waals surface area contributed by atoms with Crippen molar-refractivity contribution in [2.45, 2.75) is 13.8 Å². The molecular formula is C14H13ClFNO. The summed E-state index contributed by atoms with van der Waals surface area (Å²) >= 11 is 6.03. The van der Waals surface area contributed by atoms with E-state index >= 15 is 0 Å². The SMILES string of the molecule is Cc1ccc(Cl)c(Oc2cc(C)c(F)cc2N)c1. The number of hydrogen-bond donors (Lipinski definition) is 1. The van der Waals surface area contributed by atoms with Gasteiger partial charge in [0.1, 0.15) is 11.6 Å². The van der Waals surface area contributed by atoms with Crippen molar-refractivity contribution >= 4 is 17.3 Å². The number of ether oxygens (including phenoxy) is 1. The van der Waals surface area contributed by atoms with Crippen LogP contribution in [-0.2, 0) is 0 Å². The highest BCUT2D eigenvalue weighted by Gasteiger charge is 2.09. The lowest BCUT2D eigenvalue weighted by molar-refractivity contribution is 0.482. The molecule has 0 aliphatic heterocycles. The molecule has 0 bridgehead atoms. The monoisotopic (exact) mass is 265 g/mol. The predicted molar refractivity (Wildman–Crippen MR) is 71.8 cm³/mol. The molecule has 0 aliphatic carbocycles. The summed E-state index contributed by atoms with van der Waals surface area (Å²) in [5.41, 5.74) is 7.46. The molecule has 2 N–H and O–H groups in total. The van der Waals surface area contributed by atoms with Crippen molar-refractivity contribution in [3.8, 4) is 11.5 Å². The lowest BCUT2D eigenvalue weighted by Crippen LogP contribution is -1.95. The average molecular weight is 266 g/mol. The topological polar surface area (TPSA) is 35.2 Å². The summed E-state index contributed by atoms with van der Waals surface area (Å²) < 4.78 is 18.9. The number of nitrogens with two attached hydrogens (primary N) is 1. The first-order valence-electron chi connectivity index (χ1n) is 5.47. The second-order valence-corrected chi connectivity index (χ2v) is 4.58. The fraction of sp³-hybridized carbons (Fsp3) is 0.143. The van der Waals surface area contributed by atoms with Crippen LogP contribution in [0.5, 0.6) is 11.5 Å². The van der Waals surface area contributed by atoms with E-state index < -0.39 is 0 Å². The van der Waals surface area contributed by atoms with Gasteiger partial charge < -0.3 is 10.5 Å². The minimum Gasteiger partial charge on any atom is -0.454 e. The van der Waals surface area contributed by atoms with Crippen LogP contribution < -0.4 is 10.5 Å². The van der Waals surface area contributed by atoms with E-state index in [1.807, 2.05) is 13.0 Å². The maximum absolute atomic E-state index is 13.3. The molecule has 0 unspecified atom stereocenters. The van der Waals surface area contributed by atoms with Crippen molar-refractivity contribution in [2.75, 3.05) is 5.73 Å². The molecule has 2 aromatic carbocycles. The number of anilines is 1. The third-order valence-corrected chi connectivity index (χ3v) is 2.91. The van der Waals surface area contributed by atoms with Gasteiger partial charge in [0.2, 0.25) is 0 Å². The van der Waals surface area contributed by atoms with Crippen molar-refractivity contribution in [1.29, 1.82) is 0 Å². The van der Waals surface area contributed by atoms with Crippen LogP contribution in [0, 0.1) is 19.7 Å². The van der Waals surface area contributed by atoms with Crippen molar-refractivity contribution < 1.29 is 9.13 Å². The molecule has 0 radical (unpaired) electrons. The molecule has 0 saturated heterocycles. The van der Waals surface area contributed by atoms with Gasteiger partial charge in [-0.3, -0.25) is 0 Å². The predicted octanol–water partition coefficient (Wildman–Crippen LogP) is 4.47. The summed E-state index contributed by atoms with van der Waals surface area (Å²) in [5, 5.41) is 0.488. The van der Waals surface area contributed by atoms with Crippen LogP contribution in [0.4, 0.5) is 10.1 Å². The number of hydrogen-bond acceptors (Lipinski definition) is 2. The van der Waals surface area contributed by atoms with E-state index in [0.717, 1.165) is 5.56 Å². The molecule has 0 saturated carbocycles. The first-order chi connectivity index (χ1) is 8.47. The van der Waals surface area contributed by atoms with Gasteiger partial charge >= 0.3 is 0 Å². The molecule has 94 valence electrons. The normalized spacial score (nSPS) is 10.4. The standard InChI is InChI=1S/C14H13ClFNO/c1-8-3-4-10(15)13(5-8)18-14-6-9(2)11(16)7-12(14)17/h3-7H,17H2,1-2H3. The van der Waals surface area contributed by atoms with Crippen LogP contribution in [0.25, 0.3) is 0 Å². The number of halogens is 2. The van der Waals surface area contributed by atoms with Crippen molar-refractivity contribution in [2.24, 2.45) is 0 Å². The molecule has 0 fully saturated rings. The van der Waals surface area contributed by atoms with Gasteiger partial charge in [0.25, 0.3) is 0 Å². The molecule has 2 rings (SSSR count). The van der Waals surface area contributed by atoms with E-state index in [0.29, 0.717) is 22.1 Å². The van der Waals surface area contributed by atoms with Gasteiger partial charge in [-0.25, -0.2) is 4.39 Å². The maximum Gasteiger partial charge on any atom is 0.150 e. The van der Waals surface area contributed by atoms with Crippen molar-refractivity contribution in [3.05, 3.63) is 52.3 Å². The summed E-state index contributed by atoms with van der Waals surface area (Å²) in [5.74, 6) is 0.561. The van der Waals surface area contributed by atoms with Gasteiger partial charge in [0.15, 0.2) is 5.75 Å². The van der Waals surface area contributed by atoms with E-state index in [9.17, 15) is 4.39 Å². The number of benzene rings is 2. The second kappa shape index (κ2) is 4.86. The zero-order chi connectivity index (χ0) is 13.3. The molecule has 2 nitrogen and oxygen atoms in total. The zero-order valence-electron chi connectivity index (χ0n) is 10.1. The number of rotatable bonds is 2. The van der Waals surface area contributed by atoms with Crippen LogP contribution in [0.15, 0.2) is 30.3 Å². The Morgan fingerprint density at radius 3 is 2.56 bits per heavy atom. The van der Waals surface area contributed by atoms with Gasteiger partial charge in [0.05, 0.1) is 10.7 Å². The van der Waals surface area contributed by atoms with E-state index in [-0.39, 0.29) is 11.5 Å². The molecule has 0 atom stereocenters. The van der Waals surface area contributed by atoms with Crippen molar-refractivity contribution in [3.63, 3.8) is 0 Å². The highest BCUT2D eigenvalue weighted by atomic mass is 35.5. The van der Waals surface area contributed by atoms with Crippen LogP contribution >= 0.6 is 11.6 Å². The largest absolute Gasteiger partial charge is 0.454 e. The van der Waals surface area contributed by atoms with Gasteiger partial charge in [-0.15, -0.1) is 0 Å². The second-order valence-electron chi connectivity index (χ2n) is 4.18. The Hall–Kier alpha value is -1.74.